The Morgan fingerprint density at radius 3 is 2.54 bits per heavy atom. The number of nitrogens with two attached hydrogens (primary N) is 1. The van der Waals surface area contributed by atoms with E-state index in [0.717, 1.165) is 11.3 Å². The summed E-state index contributed by atoms with van der Waals surface area (Å²) in [6.07, 6.45) is 0. The summed E-state index contributed by atoms with van der Waals surface area (Å²) in [4.78, 5) is 0. The van der Waals surface area contributed by atoms with Crippen LogP contribution in [0.15, 0.2) is 18.2 Å². The van der Waals surface area contributed by atoms with Gasteiger partial charge in [-0.1, -0.05) is 12.1 Å². The molecule has 0 aromatic heterocycles. The van der Waals surface area contributed by atoms with Crippen molar-refractivity contribution in [3.8, 4) is 5.75 Å². The SMILES string of the molecule is COc1cc(C(=N)N)ccc1C.Cl. The van der Waals surface area contributed by atoms with Crippen LogP contribution in [0.2, 0.25) is 0 Å². The van der Waals surface area contributed by atoms with Crippen LogP contribution in [0.4, 0.5) is 0 Å². The topological polar surface area (TPSA) is 59.1 Å². The number of methoxy groups -OCH3 is 1. The van der Waals surface area contributed by atoms with Gasteiger partial charge in [0, 0.05) is 5.56 Å². The minimum Gasteiger partial charge on any atom is -0.496 e. The van der Waals surface area contributed by atoms with Crippen molar-refractivity contribution in [1.29, 1.82) is 5.41 Å². The molecule has 4 heteroatoms. The van der Waals surface area contributed by atoms with Crippen LogP contribution in [0, 0.1) is 12.3 Å². The molecule has 3 nitrogen and oxygen atoms in total. The van der Waals surface area contributed by atoms with E-state index < -0.39 is 0 Å². The van der Waals surface area contributed by atoms with Crippen molar-refractivity contribution in [3.05, 3.63) is 29.3 Å². The third-order valence-corrected chi connectivity index (χ3v) is 1.72. The van der Waals surface area contributed by atoms with E-state index in [4.69, 9.17) is 15.9 Å². The number of nitrogen functional groups attached to an aromatic ring is 1. The Morgan fingerprint density at radius 1 is 1.46 bits per heavy atom. The van der Waals surface area contributed by atoms with Crippen LogP contribution in [0.5, 0.6) is 5.75 Å². The van der Waals surface area contributed by atoms with Crippen molar-refractivity contribution in [1.82, 2.24) is 0 Å². The maximum Gasteiger partial charge on any atom is 0.122 e. The second-order valence-corrected chi connectivity index (χ2v) is 2.60. The zero-order valence-electron chi connectivity index (χ0n) is 7.63. The van der Waals surface area contributed by atoms with Gasteiger partial charge in [-0.3, -0.25) is 5.41 Å². The number of halogens is 1. The zero-order chi connectivity index (χ0) is 9.14. The lowest BCUT2D eigenvalue weighted by Gasteiger charge is -2.05. The van der Waals surface area contributed by atoms with Crippen molar-refractivity contribution in [2.45, 2.75) is 6.92 Å². The van der Waals surface area contributed by atoms with Gasteiger partial charge in [0.15, 0.2) is 0 Å². The van der Waals surface area contributed by atoms with Crippen molar-refractivity contribution >= 4 is 18.2 Å². The first kappa shape index (κ1) is 11.8. The molecule has 0 aliphatic carbocycles. The smallest absolute Gasteiger partial charge is 0.122 e. The van der Waals surface area contributed by atoms with E-state index in [-0.39, 0.29) is 18.2 Å². The van der Waals surface area contributed by atoms with Crippen LogP contribution >= 0.6 is 12.4 Å². The highest BCUT2D eigenvalue weighted by molar-refractivity contribution is 5.95. The average Bonchev–Trinajstić information content (AvgIpc) is 2.05. The summed E-state index contributed by atoms with van der Waals surface area (Å²) in [6, 6.07) is 5.45. The molecule has 0 spiro atoms. The molecule has 72 valence electrons. The summed E-state index contributed by atoms with van der Waals surface area (Å²) < 4.78 is 5.08. The molecule has 0 atom stereocenters. The zero-order valence-corrected chi connectivity index (χ0v) is 8.44. The number of ether oxygens (including phenoxy) is 1. The molecule has 1 aromatic rings. The van der Waals surface area contributed by atoms with E-state index in [2.05, 4.69) is 0 Å². The fraction of sp³-hybridized carbons (Fsp3) is 0.222. The summed E-state index contributed by atoms with van der Waals surface area (Å²) in [5.74, 6) is 0.830. The third-order valence-electron chi connectivity index (χ3n) is 1.72. The lowest BCUT2D eigenvalue weighted by atomic mass is 10.1. The molecule has 0 heterocycles. The Kier molecular flexibility index (Phi) is 4.28. The van der Waals surface area contributed by atoms with Gasteiger partial charge >= 0.3 is 0 Å². The van der Waals surface area contributed by atoms with Crippen LogP contribution in [-0.2, 0) is 0 Å². The number of nitrogens with one attached hydrogen (secondary N) is 1. The molecular formula is C9H13ClN2O. The van der Waals surface area contributed by atoms with Crippen molar-refractivity contribution in [2.24, 2.45) is 5.73 Å². The van der Waals surface area contributed by atoms with E-state index in [9.17, 15) is 0 Å². The second-order valence-electron chi connectivity index (χ2n) is 2.60. The van der Waals surface area contributed by atoms with E-state index in [1.54, 1.807) is 19.2 Å². The van der Waals surface area contributed by atoms with E-state index in [0.29, 0.717) is 5.56 Å². The Balaban J connectivity index is 0.00000144. The lowest BCUT2D eigenvalue weighted by Crippen LogP contribution is -2.11. The van der Waals surface area contributed by atoms with E-state index in [1.165, 1.54) is 0 Å². The monoisotopic (exact) mass is 200 g/mol. The molecular weight excluding hydrogens is 188 g/mol. The fourth-order valence-corrected chi connectivity index (χ4v) is 0.988. The number of amidine groups is 1. The predicted octanol–water partition coefficient (Wildman–Crippen LogP) is 1.71. The van der Waals surface area contributed by atoms with Crippen molar-refractivity contribution in [2.75, 3.05) is 7.11 Å². The molecule has 0 radical (unpaired) electrons. The van der Waals surface area contributed by atoms with Gasteiger partial charge in [0.05, 0.1) is 7.11 Å². The molecule has 0 saturated heterocycles. The molecule has 0 fully saturated rings. The minimum absolute atomic E-state index is 0. The number of rotatable bonds is 2. The van der Waals surface area contributed by atoms with Crippen LogP contribution in [-0.4, -0.2) is 12.9 Å². The van der Waals surface area contributed by atoms with Crippen LogP contribution in [0.3, 0.4) is 0 Å². The highest BCUT2D eigenvalue weighted by Gasteiger charge is 2.01. The van der Waals surface area contributed by atoms with Gasteiger partial charge < -0.3 is 10.5 Å². The van der Waals surface area contributed by atoms with Gasteiger partial charge in [0.2, 0.25) is 0 Å². The van der Waals surface area contributed by atoms with Gasteiger partial charge in [0.25, 0.3) is 0 Å². The summed E-state index contributed by atoms with van der Waals surface area (Å²) in [5.41, 5.74) is 7.05. The Morgan fingerprint density at radius 2 is 2.08 bits per heavy atom. The first-order valence-electron chi connectivity index (χ1n) is 3.64. The van der Waals surface area contributed by atoms with Gasteiger partial charge in [-0.15, -0.1) is 12.4 Å². The molecule has 1 rings (SSSR count). The van der Waals surface area contributed by atoms with E-state index >= 15 is 0 Å². The third kappa shape index (κ3) is 2.63. The van der Waals surface area contributed by atoms with Gasteiger partial charge in [-0.2, -0.15) is 0 Å². The fourth-order valence-electron chi connectivity index (χ4n) is 0.988. The first-order chi connectivity index (χ1) is 5.65. The van der Waals surface area contributed by atoms with Crippen molar-refractivity contribution in [3.63, 3.8) is 0 Å². The average molecular weight is 201 g/mol. The quantitative estimate of drug-likeness (QED) is 0.564. The molecule has 0 unspecified atom stereocenters. The van der Waals surface area contributed by atoms with Gasteiger partial charge in [-0.25, -0.2) is 0 Å². The summed E-state index contributed by atoms with van der Waals surface area (Å²) in [7, 11) is 1.60. The number of benzene rings is 1. The molecule has 0 aliphatic rings. The standard InChI is InChI=1S/C9H12N2O.ClH/c1-6-3-4-7(9(10)11)5-8(6)12-2;/h3-5H,1-2H3,(H3,10,11);1H. The Bertz CT molecular complexity index is 312. The van der Waals surface area contributed by atoms with Gasteiger partial charge in [-0.05, 0) is 18.6 Å². The number of hydrogen-bond acceptors (Lipinski definition) is 2. The predicted molar refractivity (Wildman–Crippen MR) is 56.0 cm³/mol. The van der Waals surface area contributed by atoms with Gasteiger partial charge in [0.1, 0.15) is 11.6 Å². The second kappa shape index (κ2) is 4.72. The Labute approximate surface area is 83.8 Å². The maximum atomic E-state index is 7.20. The summed E-state index contributed by atoms with van der Waals surface area (Å²) in [5, 5.41) is 7.20. The van der Waals surface area contributed by atoms with Crippen molar-refractivity contribution < 1.29 is 4.74 Å². The maximum absolute atomic E-state index is 7.20. The highest BCUT2D eigenvalue weighted by Crippen LogP contribution is 2.18. The molecule has 1 aromatic carbocycles. The summed E-state index contributed by atoms with van der Waals surface area (Å²) >= 11 is 0. The summed E-state index contributed by atoms with van der Waals surface area (Å²) in [6.45, 7) is 1.95. The minimum atomic E-state index is 0. The normalized spacial score (nSPS) is 8.77. The van der Waals surface area contributed by atoms with E-state index in [1.807, 2.05) is 13.0 Å². The molecule has 3 N–H and O–H groups in total. The largest absolute Gasteiger partial charge is 0.496 e. The van der Waals surface area contributed by atoms with Crippen LogP contribution < -0.4 is 10.5 Å². The highest BCUT2D eigenvalue weighted by atomic mass is 35.5. The van der Waals surface area contributed by atoms with Crippen LogP contribution in [0.1, 0.15) is 11.1 Å². The van der Waals surface area contributed by atoms with Crippen LogP contribution in [0.25, 0.3) is 0 Å². The Hall–Kier alpha value is -1.22. The molecule has 13 heavy (non-hydrogen) atoms. The molecule has 0 aliphatic heterocycles. The molecule has 0 bridgehead atoms. The molecule has 0 amide bonds. The first-order valence-corrected chi connectivity index (χ1v) is 3.64. The number of hydrogen-bond donors (Lipinski definition) is 2. The molecule has 0 saturated carbocycles. The number of aryl methyl sites for hydroxylation is 1. The lowest BCUT2D eigenvalue weighted by molar-refractivity contribution is 0.411.